The summed E-state index contributed by atoms with van der Waals surface area (Å²) in [6, 6.07) is 6.13. The number of carboxylic acid groups (broad SMARTS) is 1. The molecular formula is C15H16N4O3. The topological polar surface area (TPSA) is 88.3 Å². The summed E-state index contributed by atoms with van der Waals surface area (Å²) in [5.41, 5.74) is 1.16. The van der Waals surface area contributed by atoms with Crippen LogP contribution in [0.25, 0.3) is 5.69 Å². The molecule has 22 heavy (non-hydrogen) atoms. The number of hydrogen-bond acceptors (Lipinski definition) is 4. The SMILES string of the molecule is CC(C(=O)O)N(C(=O)c1cccc(-n2cncn2)c1)C1CC1. The molecule has 1 amide bonds. The molecule has 1 fully saturated rings. The van der Waals surface area contributed by atoms with Crippen molar-refractivity contribution in [2.45, 2.75) is 31.8 Å². The fourth-order valence-electron chi connectivity index (χ4n) is 2.40. The fourth-order valence-corrected chi connectivity index (χ4v) is 2.40. The van der Waals surface area contributed by atoms with Crippen molar-refractivity contribution < 1.29 is 14.7 Å². The molecular weight excluding hydrogens is 284 g/mol. The van der Waals surface area contributed by atoms with E-state index < -0.39 is 12.0 Å². The quantitative estimate of drug-likeness (QED) is 0.900. The standard InChI is InChI=1S/C15H16N4O3/c1-10(15(21)22)19(12-5-6-12)14(20)11-3-2-4-13(7-11)18-9-16-8-17-18/h2-4,7-10,12H,5-6H2,1H3,(H,21,22). The van der Waals surface area contributed by atoms with Crippen molar-refractivity contribution in [1.29, 1.82) is 0 Å². The van der Waals surface area contributed by atoms with E-state index >= 15 is 0 Å². The van der Waals surface area contributed by atoms with E-state index in [4.69, 9.17) is 0 Å². The number of benzene rings is 1. The van der Waals surface area contributed by atoms with Crippen LogP contribution in [0.5, 0.6) is 0 Å². The molecule has 3 rings (SSSR count). The number of rotatable bonds is 5. The molecule has 1 aliphatic carbocycles. The predicted molar refractivity (Wildman–Crippen MR) is 77.6 cm³/mol. The van der Waals surface area contributed by atoms with E-state index in [0.29, 0.717) is 11.3 Å². The van der Waals surface area contributed by atoms with E-state index in [9.17, 15) is 14.7 Å². The van der Waals surface area contributed by atoms with Gasteiger partial charge in [0.25, 0.3) is 5.91 Å². The lowest BCUT2D eigenvalue weighted by Crippen LogP contribution is -2.44. The zero-order chi connectivity index (χ0) is 15.7. The highest BCUT2D eigenvalue weighted by atomic mass is 16.4. The number of amides is 1. The first kappa shape index (κ1) is 14.2. The molecule has 1 unspecified atom stereocenters. The number of nitrogens with zero attached hydrogens (tertiary/aromatic N) is 4. The lowest BCUT2D eigenvalue weighted by molar-refractivity contribution is -0.141. The Morgan fingerprint density at radius 1 is 1.41 bits per heavy atom. The molecule has 1 aromatic heterocycles. The van der Waals surface area contributed by atoms with E-state index in [2.05, 4.69) is 10.1 Å². The minimum Gasteiger partial charge on any atom is -0.480 e. The molecule has 2 aromatic rings. The normalized spacial score (nSPS) is 15.3. The molecule has 7 heteroatoms. The number of carbonyl (C=O) groups excluding carboxylic acids is 1. The van der Waals surface area contributed by atoms with Crippen LogP contribution < -0.4 is 0 Å². The van der Waals surface area contributed by atoms with Crippen LogP contribution in [0.1, 0.15) is 30.1 Å². The molecule has 1 saturated carbocycles. The third-order valence-corrected chi connectivity index (χ3v) is 3.73. The zero-order valence-corrected chi connectivity index (χ0v) is 12.1. The van der Waals surface area contributed by atoms with E-state index in [-0.39, 0.29) is 11.9 Å². The molecule has 1 aromatic carbocycles. The molecule has 0 bridgehead atoms. The van der Waals surface area contributed by atoms with Crippen LogP contribution in [-0.4, -0.2) is 48.7 Å². The average molecular weight is 300 g/mol. The van der Waals surface area contributed by atoms with Crippen LogP contribution >= 0.6 is 0 Å². The molecule has 7 nitrogen and oxygen atoms in total. The van der Waals surface area contributed by atoms with Gasteiger partial charge in [0.2, 0.25) is 0 Å². The maximum atomic E-state index is 12.7. The zero-order valence-electron chi connectivity index (χ0n) is 12.1. The molecule has 0 aliphatic heterocycles. The van der Waals surface area contributed by atoms with Gasteiger partial charge in [-0.3, -0.25) is 4.79 Å². The first-order chi connectivity index (χ1) is 10.6. The number of hydrogen-bond donors (Lipinski definition) is 1. The maximum absolute atomic E-state index is 12.7. The lowest BCUT2D eigenvalue weighted by Gasteiger charge is -2.26. The van der Waals surface area contributed by atoms with Gasteiger partial charge in [0.1, 0.15) is 18.7 Å². The fraction of sp³-hybridized carbons (Fsp3) is 0.333. The van der Waals surface area contributed by atoms with Crippen LogP contribution in [0.2, 0.25) is 0 Å². The van der Waals surface area contributed by atoms with Crippen LogP contribution in [-0.2, 0) is 4.79 Å². The third kappa shape index (κ3) is 2.69. The van der Waals surface area contributed by atoms with Gasteiger partial charge in [-0.15, -0.1) is 0 Å². The van der Waals surface area contributed by atoms with Gasteiger partial charge < -0.3 is 10.0 Å². The van der Waals surface area contributed by atoms with Crippen molar-refractivity contribution in [3.05, 3.63) is 42.5 Å². The molecule has 0 saturated heterocycles. The van der Waals surface area contributed by atoms with E-state index in [1.54, 1.807) is 36.1 Å². The van der Waals surface area contributed by atoms with Crippen LogP contribution in [0.4, 0.5) is 0 Å². The summed E-state index contributed by atoms with van der Waals surface area (Å²) in [6.07, 6.45) is 4.66. The number of aromatic nitrogens is 3. The Labute approximate surface area is 127 Å². The van der Waals surface area contributed by atoms with Crippen molar-refractivity contribution >= 4 is 11.9 Å². The van der Waals surface area contributed by atoms with Crippen molar-refractivity contribution in [1.82, 2.24) is 19.7 Å². The second-order valence-electron chi connectivity index (χ2n) is 5.35. The summed E-state index contributed by atoms with van der Waals surface area (Å²) in [5.74, 6) is -1.26. The summed E-state index contributed by atoms with van der Waals surface area (Å²) in [7, 11) is 0. The summed E-state index contributed by atoms with van der Waals surface area (Å²) in [5, 5.41) is 13.2. The van der Waals surface area contributed by atoms with Gasteiger partial charge in [0.15, 0.2) is 0 Å². The van der Waals surface area contributed by atoms with E-state index in [1.165, 1.54) is 11.2 Å². The van der Waals surface area contributed by atoms with Gasteiger partial charge in [-0.1, -0.05) is 6.07 Å². The second-order valence-corrected chi connectivity index (χ2v) is 5.35. The third-order valence-electron chi connectivity index (χ3n) is 3.73. The predicted octanol–water partition coefficient (Wildman–Crippen LogP) is 1.35. The van der Waals surface area contributed by atoms with Crippen LogP contribution in [0.3, 0.4) is 0 Å². The Kier molecular flexibility index (Phi) is 3.62. The molecule has 1 atom stereocenters. The Morgan fingerprint density at radius 3 is 2.77 bits per heavy atom. The summed E-state index contributed by atoms with van der Waals surface area (Å²) in [4.78, 5) is 29.3. The first-order valence-corrected chi connectivity index (χ1v) is 7.08. The monoisotopic (exact) mass is 300 g/mol. The highest BCUT2D eigenvalue weighted by Crippen LogP contribution is 2.30. The van der Waals surface area contributed by atoms with Gasteiger partial charge in [-0.2, -0.15) is 5.10 Å². The van der Waals surface area contributed by atoms with Gasteiger partial charge >= 0.3 is 5.97 Å². The Balaban J connectivity index is 1.90. The Hall–Kier alpha value is -2.70. The smallest absolute Gasteiger partial charge is 0.326 e. The van der Waals surface area contributed by atoms with Gasteiger partial charge in [-0.05, 0) is 38.0 Å². The first-order valence-electron chi connectivity index (χ1n) is 7.08. The molecule has 114 valence electrons. The van der Waals surface area contributed by atoms with Gasteiger partial charge in [0.05, 0.1) is 5.69 Å². The molecule has 1 N–H and O–H groups in total. The average Bonchev–Trinajstić information content (AvgIpc) is 3.19. The minimum absolute atomic E-state index is 0.0219. The molecule has 0 radical (unpaired) electrons. The van der Waals surface area contributed by atoms with Crippen molar-refractivity contribution in [3.63, 3.8) is 0 Å². The van der Waals surface area contributed by atoms with Gasteiger partial charge in [-0.25, -0.2) is 14.5 Å². The molecule has 1 heterocycles. The Morgan fingerprint density at radius 2 is 2.18 bits per heavy atom. The lowest BCUT2D eigenvalue weighted by atomic mass is 10.1. The van der Waals surface area contributed by atoms with Crippen molar-refractivity contribution in [3.8, 4) is 5.69 Å². The van der Waals surface area contributed by atoms with E-state index in [1.807, 2.05) is 6.07 Å². The largest absolute Gasteiger partial charge is 0.480 e. The van der Waals surface area contributed by atoms with E-state index in [0.717, 1.165) is 12.8 Å². The minimum atomic E-state index is -0.993. The van der Waals surface area contributed by atoms with Gasteiger partial charge in [0, 0.05) is 11.6 Å². The van der Waals surface area contributed by atoms with Crippen molar-refractivity contribution in [2.24, 2.45) is 0 Å². The molecule has 1 aliphatic rings. The highest BCUT2D eigenvalue weighted by Gasteiger charge is 2.38. The number of carboxylic acids is 1. The van der Waals surface area contributed by atoms with Crippen molar-refractivity contribution in [2.75, 3.05) is 0 Å². The number of aliphatic carboxylic acids is 1. The second kappa shape index (κ2) is 5.59. The summed E-state index contributed by atoms with van der Waals surface area (Å²) in [6.45, 7) is 1.54. The summed E-state index contributed by atoms with van der Waals surface area (Å²) >= 11 is 0. The maximum Gasteiger partial charge on any atom is 0.326 e. The van der Waals surface area contributed by atoms with Crippen LogP contribution in [0, 0.1) is 0 Å². The Bertz CT molecular complexity index is 695. The summed E-state index contributed by atoms with van der Waals surface area (Å²) < 4.78 is 1.55. The van der Waals surface area contributed by atoms with Crippen LogP contribution in [0.15, 0.2) is 36.9 Å². The highest BCUT2D eigenvalue weighted by molar-refractivity contribution is 5.97. The molecule has 0 spiro atoms. The number of carbonyl (C=O) groups is 2.